The van der Waals surface area contributed by atoms with Crippen LogP contribution in [0.2, 0.25) is 0 Å². The van der Waals surface area contributed by atoms with Gasteiger partial charge in [0.05, 0.1) is 39.5 Å². The van der Waals surface area contributed by atoms with Crippen LogP contribution >= 0.6 is 0 Å². The fourth-order valence-electron chi connectivity index (χ4n) is 9.28. The van der Waals surface area contributed by atoms with Crippen LogP contribution in [0.4, 0.5) is 17.1 Å². The largest absolute Gasteiger partial charge is 0.507 e. The number of allylic oxidation sites excluding steroid dienone is 2. The van der Waals surface area contributed by atoms with Crippen molar-refractivity contribution in [2.75, 3.05) is 10.3 Å². The molecule has 1 saturated carbocycles. The molecule has 0 aromatic heterocycles. The highest BCUT2D eigenvalue weighted by molar-refractivity contribution is 6.22. The monoisotopic (exact) mass is 696 g/mol. The van der Waals surface area contributed by atoms with Gasteiger partial charge >= 0.3 is 0 Å². The lowest BCUT2D eigenvalue weighted by Crippen LogP contribution is -2.53. The van der Waals surface area contributed by atoms with Crippen molar-refractivity contribution in [2.45, 2.75) is 44.9 Å². The molecule has 262 valence electrons. The quantitative estimate of drug-likeness (QED) is 0.102. The van der Waals surface area contributed by atoms with Crippen LogP contribution in [0.25, 0.3) is 0 Å². The Balaban J connectivity index is 1.32. The third-order valence-electron chi connectivity index (χ3n) is 11.5. The van der Waals surface area contributed by atoms with Crippen molar-refractivity contribution >= 4 is 40.7 Å². The summed E-state index contributed by atoms with van der Waals surface area (Å²) in [4.78, 5) is 70.7. The molecule has 0 bridgehead atoms. The zero-order valence-electron chi connectivity index (χ0n) is 28.8. The number of hydrazine groups is 1. The predicted octanol–water partition coefficient (Wildman–Crippen LogP) is 6.42. The number of rotatable bonds is 6. The van der Waals surface area contributed by atoms with Gasteiger partial charge in [0.1, 0.15) is 5.75 Å². The summed E-state index contributed by atoms with van der Waals surface area (Å²) in [6.07, 6.45) is 2.29. The Morgan fingerprint density at radius 2 is 1.52 bits per heavy atom. The molecule has 3 fully saturated rings. The third-order valence-corrected chi connectivity index (χ3v) is 11.5. The molecule has 4 aromatic carbocycles. The van der Waals surface area contributed by atoms with E-state index in [4.69, 9.17) is 0 Å². The Bertz CT molecular complexity index is 2210. The number of aryl methyl sites for hydroxylation is 3. The van der Waals surface area contributed by atoms with E-state index in [1.54, 1.807) is 26.0 Å². The summed E-state index contributed by atoms with van der Waals surface area (Å²) in [6, 6.07) is 25.8. The van der Waals surface area contributed by atoms with Crippen LogP contribution in [0.1, 0.15) is 46.6 Å². The first kappa shape index (κ1) is 33.1. The number of imide groups is 2. The van der Waals surface area contributed by atoms with E-state index in [2.05, 4.69) is 5.43 Å². The Labute approximate surface area is 299 Å². The van der Waals surface area contributed by atoms with Crippen LogP contribution in [-0.2, 0) is 24.6 Å². The fraction of sp³-hybridized carbons (Fsp3) is 0.268. The summed E-state index contributed by atoms with van der Waals surface area (Å²) in [6.45, 7) is 5.51. The first-order valence-electron chi connectivity index (χ1n) is 17.3. The summed E-state index contributed by atoms with van der Waals surface area (Å²) in [5.74, 6) is -5.57. The first-order chi connectivity index (χ1) is 24.9. The smallest absolute Gasteiger partial charge is 0.271 e. The maximum Gasteiger partial charge on any atom is 0.271 e. The number of nitro groups is 1. The number of hydrogen-bond acceptors (Lipinski definition) is 8. The number of non-ortho nitro benzene ring substituents is 1. The van der Waals surface area contributed by atoms with Crippen molar-refractivity contribution in [1.29, 1.82) is 0 Å². The van der Waals surface area contributed by atoms with Crippen molar-refractivity contribution in [3.63, 3.8) is 0 Å². The average molecular weight is 697 g/mol. The lowest BCUT2D eigenvalue weighted by atomic mass is 9.49. The molecule has 0 radical (unpaired) electrons. The molecule has 11 heteroatoms. The number of phenolic OH excluding ortho intramolecular Hbond substituents is 1. The Morgan fingerprint density at radius 1 is 0.827 bits per heavy atom. The van der Waals surface area contributed by atoms with Gasteiger partial charge in [-0.25, -0.2) is 4.90 Å². The zero-order chi connectivity index (χ0) is 36.6. The molecule has 2 saturated heterocycles. The minimum atomic E-state index is -1.44. The van der Waals surface area contributed by atoms with Crippen LogP contribution in [0, 0.1) is 54.6 Å². The number of amides is 4. The molecule has 4 aliphatic rings. The summed E-state index contributed by atoms with van der Waals surface area (Å²) in [7, 11) is 0. The summed E-state index contributed by atoms with van der Waals surface area (Å²) in [5.41, 5.74) is 6.45. The average Bonchev–Trinajstić information content (AvgIpc) is 3.52. The van der Waals surface area contributed by atoms with Gasteiger partial charge in [0.15, 0.2) is 0 Å². The van der Waals surface area contributed by atoms with Crippen LogP contribution in [-0.4, -0.2) is 38.7 Å². The van der Waals surface area contributed by atoms with Gasteiger partial charge in [-0.1, -0.05) is 77.9 Å². The number of benzene rings is 4. The molecule has 4 aromatic rings. The van der Waals surface area contributed by atoms with E-state index in [9.17, 15) is 29.6 Å². The maximum atomic E-state index is 15.3. The van der Waals surface area contributed by atoms with Crippen molar-refractivity contribution in [2.24, 2.45) is 23.7 Å². The molecule has 0 unspecified atom stereocenters. The third kappa shape index (κ3) is 4.72. The molecule has 2 heterocycles. The molecule has 6 atom stereocenters. The summed E-state index contributed by atoms with van der Waals surface area (Å²) < 4.78 is 0. The number of fused-ring (bicyclic) bond motifs is 4. The maximum absolute atomic E-state index is 15.3. The predicted molar refractivity (Wildman–Crippen MR) is 192 cm³/mol. The standard InChI is InChI=1S/C41H36N4O7/c1-22-12-14-27(15-13-22)42-44-38(48)33-21-32-30(16-17-31-34(32)39(49)43(37(31)47)28-10-7-11-29(20-28)45(51)52)35(25-18-23(2)36(46)24(3)19-25)41(33,40(44)50)26-8-5-4-6-9-26/h4-16,18-20,31-35,42,46H,17,21H2,1-3H3/t31-,32+,33-,34-,35-,41+/m0/s1. The molecule has 52 heavy (non-hydrogen) atoms. The number of nitrogens with zero attached hydrogens (tertiary/aromatic N) is 3. The number of aromatic hydroxyl groups is 1. The van der Waals surface area contributed by atoms with Crippen molar-refractivity contribution in [3.8, 4) is 5.75 Å². The lowest BCUT2D eigenvalue weighted by Gasteiger charge is -2.50. The second kappa shape index (κ2) is 12.0. The second-order valence-corrected chi connectivity index (χ2v) is 14.4. The second-order valence-electron chi connectivity index (χ2n) is 14.4. The highest BCUT2D eigenvalue weighted by Crippen LogP contribution is 2.64. The molecular weight excluding hydrogens is 660 g/mol. The van der Waals surface area contributed by atoms with E-state index in [1.807, 2.05) is 67.6 Å². The van der Waals surface area contributed by atoms with E-state index < -0.39 is 63.6 Å². The minimum absolute atomic E-state index is 0.118. The molecule has 2 aliphatic heterocycles. The normalized spacial score (nSPS) is 26.5. The van der Waals surface area contributed by atoms with Gasteiger partial charge in [0.2, 0.25) is 11.8 Å². The van der Waals surface area contributed by atoms with Gasteiger partial charge < -0.3 is 5.11 Å². The van der Waals surface area contributed by atoms with Gasteiger partial charge in [0, 0.05) is 18.1 Å². The van der Waals surface area contributed by atoms with Gasteiger partial charge in [-0.2, -0.15) is 5.01 Å². The number of hydrogen-bond donors (Lipinski definition) is 2. The molecule has 4 amide bonds. The Morgan fingerprint density at radius 3 is 2.19 bits per heavy atom. The number of phenols is 1. The fourth-order valence-corrected chi connectivity index (χ4v) is 9.28. The van der Waals surface area contributed by atoms with Crippen LogP contribution in [0.5, 0.6) is 5.75 Å². The molecular formula is C41H36N4O7. The number of carbonyl (C=O) groups excluding carboxylic acids is 4. The SMILES string of the molecule is Cc1ccc(NN2C(=O)[C@@H]3C[C@@H]4C(=CC[C@@H]5C(=O)N(c6cccc([N+](=O)[O-])c6)C(=O)[C@@H]54)[C@H](c4cc(C)c(O)c(C)c4)[C@]3(c3ccccc3)C2=O)cc1. The van der Waals surface area contributed by atoms with Gasteiger partial charge in [0.25, 0.3) is 17.5 Å². The number of carbonyl (C=O) groups is 4. The van der Waals surface area contributed by atoms with E-state index in [0.29, 0.717) is 27.9 Å². The Hall–Kier alpha value is -6.10. The first-order valence-corrected chi connectivity index (χ1v) is 17.3. The number of anilines is 2. The molecule has 11 nitrogen and oxygen atoms in total. The van der Waals surface area contributed by atoms with Crippen LogP contribution in [0.3, 0.4) is 0 Å². The van der Waals surface area contributed by atoms with Crippen molar-refractivity contribution in [1.82, 2.24) is 5.01 Å². The highest BCUT2D eigenvalue weighted by Gasteiger charge is 2.70. The van der Waals surface area contributed by atoms with Gasteiger partial charge in [-0.3, -0.25) is 34.7 Å². The van der Waals surface area contributed by atoms with Gasteiger partial charge in [-0.05, 0) is 80.0 Å². The van der Waals surface area contributed by atoms with E-state index in [0.717, 1.165) is 21.0 Å². The molecule has 8 rings (SSSR count). The molecule has 2 aliphatic carbocycles. The van der Waals surface area contributed by atoms with E-state index in [-0.39, 0.29) is 30.0 Å². The van der Waals surface area contributed by atoms with Crippen molar-refractivity contribution in [3.05, 3.63) is 141 Å². The van der Waals surface area contributed by atoms with Crippen LogP contribution < -0.4 is 10.3 Å². The number of nitro benzene ring substituents is 1. The lowest BCUT2D eigenvalue weighted by molar-refractivity contribution is -0.384. The highest BCUT2D eigenvalue weighted by atomic mass is 16.6. The molecule has 0 spiro atoms. The van der Waals surface area contributed by atoms with Crippen LogP contribution in [0.15, 0.2) is 103 Å². The zero-order valence-corrected chi connectivity index (χ0v) is 28.8. The number of nitrogens with one attached hydrogen (secondary N) is 1. The van der Waals surface area contributed by atoms with Gasteiger partial charge in [-0.15, -0.1) is 0 Å². The summed E-state index contributed by atoms with van der Waals surface area (Å²) >= 11 is 0. The topological polar surface area (TPSA) is 150 Å². The Kier molecular flexibility index (Phi) is 7.63. The van der Waals surface area contributed by atoms with E-state index in [1.165, 1.54) is 24.3 Å². The van der Waals surface area contributed by atoms with Crippen molar-refractivity contribution < 1.29 is 29.2 Å². The summed E-state index contributed by atoms with van der Waals surface area (Å²) in [5, 5.41) is 23.6. The van der Waals surface area contributed by atoms with E-state index >= 15 is 4.79 Å². The molecule has 2 N–H and O–H groups in total. The minimum Gasteiger partial charge on any atom is -0.507 e.